The fraction of sp³-hybridized carbons (Fsp3) is 0.778. The second-order valence-corrected chi connectivity index (χ2v) is 2.47. The van der Waals surface area contributed by atoms with Gasteiger partial charge in [-0.2, -0.15) is 0 Å². The van der Waals surface area contributed by atoms with Gasteiger partial charge in [-0.25, -0.2) is 0 Å². The Balaban J connectivity index is 2.60. The first-order valence-electron chi connectivity index (χ1n) is 4.00. The van der Waals surface area contributed by atoms with Crippen molar-refractivity contribution in [2.75, 3.05) is 0 Å². The Labute approximate surface area is 59.7 Å². The van der Waals surface area contributed by atoms with Crippen LogP contribution < -0.4 is 0 Å². The van der Waals surface area contributed by atoms with Crippen LogP contribution in [0.2, 0.25) is 0 Å². The molecule has 0 N–H and O–H groups in total. The lowest BCUT2D eigenvalue weighted by molar-refractivity contribution is 0.621. The molecule has 0 aliphatic carbocycles. The van der Waals surface area contributed by atoms with Crippen molar-refractivity contribution in [3.8, 4) is 0 Å². The van der Waals surface area contributed by atoms with Gasteiger partial charge in [-0.05, 0) is 0 Å². The summed E-state index contributed by atoms with van der Waals surface area (Å²) in [6.45, 7) is 7.58. The summed E-state index contributed by atoms with van der Waals surface area (Å²) in [6, 6.07) is 0. The van der Waals surface area contributed by atoms with Crippen LogP contribution in [0.25, 0.3) is 0 Å². The van der Waals surface area contributed by atoms with Crippen LogP contribution in [0.15, 0.2) is 0 Å². The van der Waals surface area contributed by atoms with E-state index in [-0.39, 0.29) is 0 Å². The van der Waals surface area contributed by atoms with E-state index in [1.807, 2.05) is 0 Å². The molecule has 0 aromatic rings. The van der Waals surface area contributed by atoms with Gasteiger partial charge in [0.2, 0.25) is 0 Å². The zero-order valence-electron chi connectivity index (χ0n) is 6.36. The molecular formula is C9H18. The van der Waals surface area contributed by atoms with Gasteiger partial charge in [-0.3, -0.25) is 0 Å². The van der Waals surface area contributed by atoms with Gasteiger partial charge in [0.25, 0.3) is 0 Å². The molecule has 0 nitrogen and oxygen atoms in total. The van der Waals surface area contributed by atoms with Crippen LogP contribution in [-0.2, 0) is 0 Å². The Morgan fingerprint density at radius 1 is 0.556 bits per heavy atom. The summed E-state index contributed by atoms with van der Waals surface area (Å²) in [5, 5.41) is 0. The monoisotopic (exact) mass is 126 g/mol. The van der Waals surface area contributed by atoms with Crippen LogP contribution in [0.5, 0.6) is 0 Å². The SMILES string of the molecule is [CH2]CCCCCCC[CH2]. The normalized spacial score (nSPS) is 10.0. The Morgan fingerprint density at radius 2 is 0.889 bits per heavy atom. The molecule has 0 saturated heterocycles. The van der Waals surface area contributed by atoms with Crippen molar-refractivity contribution in [1.82, 2.24) is 0 Å². The maximum Gasteiger partial charge on any atom is -0.0533 e. The molecule has 0 spiro atoms. The van der Waals surface area contributed by atoms with Crippen LogP contribution in [0.1, 0.15) is 44.9 Å². The van der Waals surface area contributed by atoms with Crippen LogP contribution in [0.4, 0.5) is 0 Å². The maximum atomic E-state index is 3.79. The van der Waals surface area contributed by atoms with E-state index in [0.717, 1.165) is 12.8 Å². The van der Waals surface area contributed by atoms with Gasteiger partial charge in [-0.15, -0.1) is 0 Å². The number of hydrogen-bond donors (Lipinski definition) is 0. The minimum Gasteiger partial charge on any atom is -0.0533 e. The van der Waals surface area contributed by atoms with E-state index < -0.39 is 0 Å². The topological polar surface area (TPSA) is 0 Å². The molecule has 0 heteroatoms. The average molecular weight is 126 g/mol. The van der Waals surface area contributed by atoms with E-state index >= 15 is 0 Å². The Morgan fingerprint density at radius 3 is 1.22 bits per heavy atom. The lowest BCUT2D eigenvalue weighted by atomic mass is 10.1. The lowest BCUT2D eigenvalue weighted by Crippen LogP contribution is -1.76. The van der Waals surface area contributed by atoms with Crippen molar-refractivity contribution >= 4 is 0 Å². The predicted molar refractivity (Wildman–Crippen MR) is 43.0 cm³/mol. The highest BCUT2D eigenvalue weighted by atomic mass is 13.9. The minimum atomic E-state index is 1.10. The second-order valence-electron chi connectivity index (χ2n) is 2.47. The van der Waals surface area contributed by atoms with E-state index in [0.29, 0.717) is 0 Å². The zero-order valence-corrected chi connectivity index (χ0v) is 6.36. The minimum absolute atomic E-state index is 1.10. The molecular weight excluding hydrogens is 108 g/mol. The van der Waals surface area contributed by atoms with Crippen molar-refractivity contribution in [2.45, 2.75) is 44.9 Å². The number of rotatable bonds is 6. The molecule has 9 heavy (non-hydrogen) atoms. The molecule has 0 saturated carbocycles. The Bertz CT molecular complexity index is 33.3. The quantitative estimate of drug-likeness (QED) is 0.478. The highest BCUT2D eigenvalue weighted by Crippen LogP contribution is 2.05. The highest BCUT2D eigenvalue weighted by molar-refractivity contribution is 4.46. The summed E-state index contributed by atoms with van der Waals surface area (Å²) in [6.07, 6.45) is 8.92. The first-order chi connectivity index (χ1) is 4.41. The maximum absolute atomic E-state index is 3.79. The van der Waals surface area contributed by atoms with Gasteiger partial charge in [0.1, 0.15) is 0 Å². The zero-order chi connectivity index (χ0) is 6.95. The summed E-state index contributed by atoms with van der Waals surface area (Å²) < 4.78 is 0. The molecule has 54 valence electrons. The Kier molecular flexibility index (Phi) is 8.00. The summed E-state index contributed by atoms with van der Waals surface area (Å²) in [5.74, 6) is 0. The van der Waals surface area contributed by atoms with Gasteiger partial charge in [0.05, 0.1) is 0 Å². The van der Waals surface area contributed by atoms with E-state index in [1.54, 1.807) is 0 Å². The smallest absolute Gasteiger partial charge is 0.0533 e. The molecule has 0 aromatic heterocycles. The van der Waals surface area contributed by atoms with E-state index in [4.69, 9.17) is 0 Å². The highest BCUT2D eigenvalue weighted by Gasteiger charge is 1.85. The van der Waals surface area contributed by atoms with Crippen LogP contribution in [-0.4, -0.2) is 0 Å². The summed E-state index contributed by atoms with van der Waals surface area (Å²) in [5.41, 5.74) is 0. The van der Waals surface area contributed by atoms with Crippen molar-refractivity contribution in [3.05, 3.63) is 13.8 Å². The molecule has 0 aliphatic heterocycles. The summed E-state index contributed by atoms with van der Waals surface area (Å²) >= 11 is 0. The number of hydrogen-bond acceptors (Lipinski definition) is 0. The van der Waals surface area contributed by atoms with Gasteiger partial charge in [0, 0.05) is 0 Å². The van der Waals surface area contributed by atoms with Crippen molar-refractivity contribution in [1.29, 1.82) is 0 Å². The van der Waals surface area contributed by atoms with Crippen LogP contribution >= 0.6 is 0 Å². The molecule has 0 atom stereocenters. The van der Waals surface area contributed by atoms with E-state index in [1.165, 1.54) is 32.1 Å². The van der Waals surface area contributed by atoms with Crippen LogP contribution in [0.3, 0.4) is 0 Å². The van der Waals surface area contributed by atoms with Gasteiger partial charge in [-0.1, -0.05) is 58.8 Å². The summed E-state index contributed by atoms with van der Waals surface area (Å²) in [7, 11) is 0. The first-order valence-corrected chi connectivity index (χ1v) is 4.00. The molecule has 0 heterocycles. The molecule has 0 unspecified atom stereocenters. The third kappa shape index (κ3) is 8.00. The largest absolute Gasteiger partial charge is 0.0533 e. The third-order valence-electron chi connectivity index (χ3n) is 1.50. The number of unbranched alkanes of at least 4 members (excludes halogenated alkanes) is 6. The van der Waals surface area contributed by atoms with Crippen molar-refractivity contribution in [2.24, 2.45) is 0 Å². The fourth-order valence-electron chi connectivity index (χ4n) is 0.884. The molecule has 0 aliphatic rings. The first kappa shape index (κ1) is 9.00. The molecule has 2 radical (unpaired) electrons. The van der Waals surface area contributed by atoms with Gasteiger partial charge >= 0.3 is 0 Å². The van der Waals surface area contributed by atoms with Crippen LogP contribution in [0, 0.1) is 13.8 Å². The molecule has 0 bridgehead atoms. The van der Waals surface area contributed by atoms with E-state index in [2.05, 4.69) is 13.8 Å². The van der Waals surface area contributed by atoms with Gasteiger partial charge < -0.3 is 0 Å². The molecule has 0 amide bonds. The van der Waals surface area contributed by atoms with Gasteiger partial charge in [0.15, 0.2) is 0 Å². The van der Waals surface area contributed by atoms with Crippen molar-refractivity contribution in [3.63, 3.8) is 0 Å². The predicted octanol–water partition coefficient (Wildman–Crippen LogP) is 3.39. The van der Waals surface area contributed by atoms with Crippen molar-refractivity contribution < 1.29 is 0 Å². The second kappa shape index (κ2) is 8.00. The third-order valence-corrected chi connectivity index (χ3v) is 1.50. The van der Waals surface area contributed by atoms with E-state index in [9.17, 15) is 0 Å². The average Bonchev–Trinajstić information content (AvgIpc) is 1.89. The molecule has 0 fully saturated rings. The molecule has 0 aromatic carbocycles. The fourth-order valence-corrected chi connectivity index (χ4v) is 0.884. The standard InChI is InChI=1S/C9H18/c1-3-5-7-9-8-6-4-2/h1-9H2. The lowest BCUT2D eigenvalue weighted by Gasteiger charge is -1.95. The summed E-state index contributed by atoms with van der Waals surface area (Å²) in [4.78, 5) is 0. The Hall–Kier alpha value is 0. The molecule has 0 rings (SSSR count).